The molecule has 0 saturated carbocycles. The first kappa shape index (κ1) is 19.4. The number of fused-ring (bicyclic) bond motifs is 1. The Morgan fingerprint density at radius 2 is 1.87 bits per heavy atom. The predicted molar refractivity (Wildman–Crippen MR) is 107 cm³/mol. The largest absolute Gasteiger partial charge is 0.489 e. The maximum absolute atomic E-state index is 12.3. The average molecular weight is 402 g/mol. The van der Waals surface area contributed by atoms with Crippen molar-refractivity contribution < 1.29 is 19.0 Å². The van der Waals surface area contributed by atoms with E-state index >= 15 is 0 Å². The van der Waals surface area contributed by atoms with Crippen LogP contribution in [-0.4, -0.2) is 11.0 Å². The third kappa shape index (κ3) is 3.69. The van der Waals surface area contributed by atoms with Crippen LogP contribution in [-0.2, 0) is 13.2 Å². The molecule has 1 aliphatic heterocycles. The molecule has 2 atom stereocenters. The highest BCUT2D eigenvalue weighted by molar-refractivity contribution is 5.84. The molecule has 4 rings (SSSR count). The highest BCUT2D eigenvalue weighted by atomic mass is 16.5. The summed E-state index contributed by atoms with van der Waals surface area (Å²) in [4.78, 5) is 12.3. The molecule has 0 bridgehead atoms. The van der Waals surface area contributed by atoms with E-state index in [-0.39, 0.29) is 23.2 Å². The van der Waals surface area contributed by atoms with E-state index in [2.05, 4.69) is 6.07 Å². The molecule has 0 fully saturated rings. The molecule has 2 N–H and O–H groups in total. The summed E-state index contributed by atoms with van der Waals surface area (Å²) >= 11 is 0. The molecule has 7 nitrogen and oxygen atoms in total. The summed E-state index contributed by atoms with van der Waals surface area (Å²) in [6.45, 7) is -0.0450. The van der Waals surface area contributed by atoms with Gasteiger partial charge in [-0.25, -0.2) is 0 Å². The second-order valence-corrected chi connectivity index (χ2v) is 6.82. The Morgan fingerprint density at radius 1 is 1.13 bits per heavy atom. The highest BCUT2D eigenvalue weighted by Crippen LogP contribution is 2.41. The first-order valence-electron chi connectivity index (χ1n) is 9.31. The number of rotatable bonds is 5. The molecule has 0 aliphatic carbocycles. The van der Waals surface area contributed by atoms with Crippen LogP contribution in [0.1, 0.15) is 28.6 Å². The number of hydrogen-bond donors (Lipinski definition) is 2. The zero-order valence-corrected chi connectivity index (χ0v) is 15.9. The summed E-state index contributed by atoms with van der Waals surface area (Å²) in [5.74, 6) is -1.28. The summed E-state index contributed by atoms with van der Waals surface area (Å²) in [7, 11) is 0. The second kappa shape index (κ2) is 8.23. The van der Waals surface area contributed by atoms with Gasteiger partial charge >= 0.3 is 0 Å². The van der Waals surface area contributed by atoms with Crippen LogP contribution in [0.25, 0.3) is 0 Å². The van der Waals surface area contributed by atoms with Crippen LogP contribution >= 0.6 is 0 Å². The molecule has 0 radical (unpaired) electrons. The van der Waals surface area contributed by atoms with E-state index in [9.17, 15) is 15.2 Å². The quantitative estimate of drug-likeness (QED) is 0.676. The van der Waals surface area contributed by atoms with E-state index in [1.54, 1.807) is 24.3 Å². The molecule has 30 heavy (non-hydrogen) atoms. The maximum atomic E-state index is 12.3. The lowest BCUT2D eigenvalue weighted by molar-refractivity contribution is 0.230. The van der Waals surface area contributed by atoms with Gasteiger partial charge in [0.15, 0.2) is 5.76 Å². The molecule has 2 unspecified atom stereocenters. The third-order valence-electron chi connectivity index (χ3n) is 4.87. The van der Waals surface area contributed by atoms with Crippen LogP contribution in [0.3, 0.4) is 0 Å². The standard InChI is InChI=1S/C23H18N2O5/c24-11-18-20(22-21(30-23(18)25)19(27)10-17(12-26)29-22)15-6-8-16(9-7-15)28-13-14-4-2-1-3-5-14/h1-10,18,20,25-26H,12-13H2. The van der Waals surface area contributed by atoms with Crippen molar-refractivity contribution in [2.75, 3.05) is 0 Å². The summed E-state index contributed by atoms with van der Waals surface area (Å²) in [5.41, 5.74) is 1.20. The second-order valence-electron chi connectivity index (χ2n) is 6.82. The van der Waals surface area contributed by atoms with Gasteiger partial charge in [-0.15, -0.1) is 0 Å². The fraction of sp³-hybridized carbons (Fsp3) is 0.174. The van der Waals surface area contributed by atoms with Crippen molar-refractivity contribution >= 4 is 5.90 Å². The van der Waals surface area contributed by atoms with Crippen LogP contribution in [0.5, 0.6) is 11.5 Å². The average Bonchev–Trinajstić information content (AvgIpc) is 2.78. The summed E-state index contributed by atoms with van der Waals surface area (Å²) < 4.78 is 16.7. The van der Waals surface area contributed by atoms with Crippen LogP contribution in [0.2, 0.25) is 0 Å². The molecule has 0 amide bonds. The SMILES string of the molecule is N#CC1C(=N)Oc2c(oc(CO)cc2=O)C1c1ccc(OCc2ccccc2)cc1. The Hall–Kier alpha value is -3.89. The molecule has 0 saturated heterocycles. The lowest BCUT2D eigenvalue weighted by Crippen LogP contribution is -2.33. The number of ether oxygens (including phenoxy) is 2. The fourth-order valence-corrected chi connectivity index (χ4v) is 3.40. The molecule has 3 aromatic rings. The molecule has 2 aromatic carbocycles. The number of nitrogens with zero attached hydrogens (tertiary/aromatic N) is 1. The van der Waals surface area contributed by atoms with Crippen molar-refractivity contribution in [3.63, 3.8) is 0 Å². The van der Waals surface area contributed by atoms with Crippen molar-refractivity contribution in [3.05, 3.63) is 93.5 Å². The third-order valence-corrected chi connectivity index (χ3v) is 4.87. The minimum Gasteiger partial charge on any atom is -0.489 e. The summed E-state index contributed by atoms with van der Waals surface area (Å²) in [6, 6.07) is 20.0. The molecule has 150 valence electrons. The van der Waals surface area contributed by atoms with E-state index in [1.165, 1.54) is 0 Å². The van der Waals surface area contributed by atoms with Crippen LogP contribution in [0.15, 0.2) is 69.9 Å². The number of hydrogen-bond acceptors (Lipinski definition) is 7. The minimum atomic E-state index is -0.967. The maximum Gasteiger partial charge on any atom is 0.228 e. The molecule has 1 aliphatic rings. The van der Waals surface area contributed by atoms with Gasteiger partial charge < -0.3 is 19.0 Å². The number of benzene rings is 2. The molecule has 1 aromatic heterocycles. The number of nitrogens with one attached hydrogen (secondary N) is 1. The zero-order valence-electron chi connectivity index (χ0n) is 15.9. The Bertz CT molecular complexity index is 1160. The zero-order chi connectivity index (χ0) is 21.1. The lowest BCUT2D eigenvalue weighted by atomic mass is 9.82. The van der Waals surface area contributed by atoms with Gasteiger partial charge in [-0.1, -0.05) is 42.5 Å². The van der Waals surface area contributed by atoms with Crippen molar-refractivity contribution in [3.8, 4) is 17.6 Å². The fourth-order valence-electron chi connectivity index (χ4n) is 3.40. The van der Waals surface area contributed by atoms with Gasteiger partial charge in [-0.2, -0.15) is 5.26 Å². The molecule has 2 heterocycles. The van der Waals surface area contributed by atoms with E-state index in [1.807, 2.05) is 30.3 Å². The van der Waals surface area contributed by atoms with Crippen molar-refractivity contribution in [1.29, 1.82) is 10.7 Å². The Morgan fingerprint density at radius 3 is 2.53 bits per heavy atom. The van der Waals surface area contributed by atoms with E-state index < -0.39 is 23.9 Å². The van der Waals surface area contributed by atoms with Crippen LogP contribution in [0, 0.1) is 22.7 Å². The molecule has 0 spiro atoms. The smallest absolute Gasteiger partial charge is 0.228 e. The monoisotopic (exact) mass is 402 g/mol. The first-order chi connectivity index (χ1) is 14.6. The van der Waals surface area contributed by atoms with E-state index in [0.29, 0.717) is 17.9 Å². The lowest BCUT2D eigenvalue weighted by Gasteiger charge is -2.28. The number of aliphatic hydroxyl groups excluding tert-OH is 1. The first-order valence-corrected chi connectivity index (χ1v) is 9.31. The van der Waals surface area contributed by atoms with Crippen LogP contribution in [0.4, 0.5) is 0 Å². The van der Waals surface area contributed by atoms with Gasteiger partial charge in [0, 0.05) is 6.07 Å². The van der Waals surface area contributed by atoms with Gasteiger partial charge in [-0.3, -0.25) is 10.2 Å². The number of nitriles is 1. The summed E-state index contributed by atoms with van der Waals surface area (Å²) in [5, 5.41) is 27.1. The predicted octanol–water partition coefficient (Wildman–Crippen LogP) is 3.35. The van der Waals surface area contributed by atoms with Gasteiger partial charge in [-0.05, 0) is 23.3 Å². The Labute approximate surface area is 172 Å². The van der Waals surface area contributed by atoms with Gasteiger partial charge in [0.05, 0.1) is 12.0 Å². The van der Waals surface area contributed by atoms with E-state index in [4.69, 9.17) is 19.3 Å². The molecule has 7 heteroatoms. The van der Waals surface area contributed by atoms with Gasteiger partial charge in [0.2, 0.25) is 17.1 Å². The minimum absolute atomic E-state index is 0.0697. The summed E-state index contributed by atoms with van der Waals surface area (Å²) in [6.07, 6.45) is 0. The van der Waals surface area contributed by atoms with Crippen molar-refractivity contribution in [2.24, 2.45) is 5.92 Å². The Balaban J connectivity index is 1.66. The number of aliphatic hydroxyl groups is 1. The Kier molecular flexibility index (Phi) is 5.33. The molecular formula is C23H18N2O5. The van der Waals surface area contributed by atoms with Crippen molar-refractivity contribution in [1.82, 2.24) is 0 Å². The molecular weight excluding hydrogens is 384 g/mol. The normalized spacial score (nSPS) is 17.5. The van der Waals surface area contributed by atoms with Crippen LogP contribution < -0.4 is 14.9 Å². The van der Waals surface area contributed by atoms with Gasteiger partial charge in [0.1, 0.15) is 30.6 Å². The topological polar surface area (TPSA) is 117 Å². The highest BCUT2D eigenvalue weighted by Gasteiger charge is 2.40. The van der Waals surface area contributed by atoms with Gasteiger partial charge in [0.25, 0.3) is 0 Å². The van der Waals surface area contributed by atoms with Crippen molar-refractivity contribution in [2.45, 2.75) is 19.1 Å². The van der Waals surface area contributed by atoms with E-state index in [0.717, 1.165) is 11.6 Å².